The van der Waals surface area contributed by atoms with Crippen LogP contribution < -0.4 is 0 Å². The van der Waals surface area contributed by atoms with Crippen LogP contribution in [0.5, 0.6) is 0 Å². The highest BCUT2D eigenvalue weighted by Crippen LogP contribution is 2.60. The number of hydrogen-bond acceptors (Lipinski definition) is 13. The maximum Gasteiger partial charge on any atom is 0.306 e. The summed E-state index contributed by atoms with van der Waals surface area (Å²) >= 11 is 0. The molecule has 14 nitrogen and oxygen atoms in total. The number of fused-ring (bicyclic) bond motifs is 5. The monoisotopic (exact) mass is 857 g/mol. The van der Waals surface area contributed by atoms with Crippen LogP contribution >= 0.6 is 0 Å². The molecule has 18 atom stereocenters. The minimum absolute atomic E-state index is 0.00886. The van der Waals surface area contributed by atoms with E-state index in [-0.39, 0.29) is 108 Å². The van der Waals surface area contributed by atoms with E-state index in [4.69, 9.17) is 43.1 Å². The van der Waals surface area contributed by atoms with Gasteiger partial charge in [-0.15, -0.1) is 5.10 Å². The number of esters is 1. The van der Waals surface area contributed by atoms with Crippen molar-refractivity contribution in [3.63, 3.8) is 0 Å². The maximum absolute atomic E-state index is 15.2. The lowest BCUT2D eigenvalue weighted by Crippen LogP contribution is -2.59. The van der Waals surface area contributed by atoms with Gasteiger partial charge in [0.05, 0.1) is 42.6 Å². The average molecular weight is 857 g/mol. The van der Waals surface area contributed by atoms with Crippen LogP contribution in [0, 0.1) is 35.5 Å². The number of carbonyl (C=O) groups is 2. The zero-order valence-corrected chi connectivity index (χ0v) is 39.0. The third-order valence-corrected chi connectivity index (χ3v) is 15.4. The summed E-state index contributed by atoms with van der Waals surface area (Å²) in [7, 11) is 9.17. The van der Waals surface area contributed by atoms with Crippen LogP contribution in [0.15, 0.2) is 17.8 Å². The van der Waals surface area contributed by atoms with Gasteiger partial charge in [-0.2, -0.15) is 0 Å². The van der Waals surface area contributed by atoms with Crippen molar-refractivity contribution < 1.29 is 47.5 Å². The average Bonchev–Trinajstić information content (AvgIpc) is 3.96. The zero-order chi connectivity index (χ0) is 43.9. The van der Waals surface area contributed by atoms with Crippen LogP contribution in [0.1, 0.15) is 124 Å². The molecule has 7 rings (SSSR count). The number of nitrogens with zero attached hydrogens (tertiary/aromatic N) is 4. The summed E-state index contributed by atoms with van der Waals surface area (Å²) < 4.78 is 52.5. The van der Waals surface area contributed by atoms with E-state index in [2.05, 4.69) is 71.0 Å². The van der Waals surface area contributed by atoms with E-state index in [1.807, 2.05) is 18.5 Å². The van der Waals surface area contributed by atoms with Crippen LogP contribution in [-0.2, 0) is 52.9 Å². The Morgan fingerprint density at radius 2 is 1.62 bits per heavy atom. The fourth-order valence-electron chi connectivity index (χ4n) is 12.1. The van der Waals surface area contributed by atoms with Gasteiger partial charge in [-0.25, -0.2) is 4.68 Å². The van der Waals surface area contributed by atoms with Crippen molar-refractivity contribution in [2.75, 3.05) is 35.4 Å². The van der Waals surface area contributed by atoms with Crippen molar-refractivity contribution in [3.8, 4) is 0 Å². The molecule has 3 aliphatic carbocycles. The quantitative estimate of drug-likeness (QED) is 0.238. The van der Waals surface area contributed by atoms with Gasteiger partial charge in [0.25, 0.3) is 0 Å². The third-order valence-electron chi connectivity index (χ3n) is 15.4. The number of ketones is 1. The fraction of sp³-hybridized carbons (Fsp3) is 0.872. The van der Waals surface area contributed by atoms with Gasteiger partial charge < -0.3 is 42.8 Å². The standard InChI is InChI=1S/C47H76N4O10/c1-13-29-15-14-16-37(61-40-18-17-35(50(8)9)26(3)57-40)25(2)42(53)34-22-32-31-21-30(60-46-45(56-12)44(55-11)43(54-10)27(4)58-46)19-28(31)20-36(41(32)33(34)23-39(52)59-29)51-24-38(48-49-51)47(5,6)7/h22,24-33,35-37,40-41,43-46H,13-21,23H2,1-12H3/t25-,26?,27?,28+,29+,30-,31-,32+,33-,35+,36-,37+,40+,41-,43+,44?,45?,46+/m1/s1. The smallest absolute Gasteiger partial charge is 0.306 e. The van der Waals surface area contributed by atoms with Gasteiger partial charge in [-0.05, 0) is 115 Å². The van der Waals surface area contributed by atoms with Crippen molar-refractivity contribution in [1.82, 2.24) is 19.9 Å². The van der Waals surface area contributed by atoms with E-state index < -0.39 is 18.3 Å². The molecule has 0 bridgehead atoms. The second-order valence-electron chi connectivity index (χ2n) is 20.3. The Labute approximate surface area is 364 Å². The molecular weight excluding hydrogens is 781 g/mol. The van der Waals surface area contributed by atoms with Gasteiger partial charge in [0.2, 0.25) is 0 Å². The summed E-state index contributed by atoms with van der Waals surface area (Å²) in [5.41, 5.74) is 1.44. The lowest BCUT2D eigenvalue weighted by Gasteiger charge is -2.44. The molecule has 61 heavy (non-hydrogen) atoms. The van der Waals surface area contributed by atoms with Gasteiger partial charge in [0, 0.05) is 50.8 Å². The molecule has 344 valence electrons. The van der Waals surface area contributed by atoms with Crippen molar-refractivity contribution >= 4 is 11.8 Å². The zero-order valence-electron chi connectivity index (χ0n) is 39.0. The Balaban J connectivity index is 1.21. The summed E-state index contributed by atoms with van der Waals surface area (Å²) in [5.74, 6) is -0.524. The predicted octanol–water partition coefficient (Wildman–Crippen LogP) is 6.45. The van der Waals surface area contributed by atoms with Gasteiger partial charge >= 0.3 is 5.97 Å². The molecular formula is C47H76N4O10. The molecule has 14 heteroatoms. The first-order chi connectivity index (χ1) is 29.1. The first kappa shape index (κ1) is 46.7. The van der Waals surface area contributed by atoms with E-state index in [9.17, 15) is 4.79 Å². The molecule has 4 heterocycles. The number of aromatic nitrogens is 3. The predicted molar refractivity (Wildman–Crippen MR) is 227 cm³/mol. The van der Waals surface area contributed by atoms with Crippen LogP contribution in [0.4, 0.5) is 0 Å². The van der Waals surface area contributed by atoms with Gasteiger partial charge in [0.15, 0.2) is 18.4 Å². The van der Waals surface area contributed by atoms with Crippen LogP contribution in [0.3, 0.4) is 0 Å². The van der Waals surface area contributed by atoms with Crippen LogP contribution in [0.25, 0.3) is 0 Å². The molecule has 0 N–H and O–H groups in total. The molecule has 1 aromatic rings. The summed E-state index contributed by atoms with van der Waals surface area (Å²) in [6.45, 7) is 14.6. The summed E-state index contributed by atoms with van der Waals surface area (Å²) in [4.78, 5) is 31.5. The van der Waals surface area contributed by atoms with Crippen molar-refractivity contribution in [2.24, 2.45) is 35.5 Å². The van der Waals surface area contributed by atoms with Gasteiger partial charge in [0.1, 0.15) is 24.4 Å². The van der Waals surface area contributed by atoms with Crippen LogP contribution in [-0.4, -0.2) is 135 Å². The largest absolute Gasteiger partial charge is 0.462 e. The minimum Gasteiger partial charge on any atom is -0.462 e. The molecule has 0 aromatic carbocycles. The molecule has 3 saturated heterocycles. The molecule has 3 aliphatic heterocycles. The van der Waals surface area contributed by atoms with E-state index in [0.717, 1.165) is 62.6 Å². The van der Waals surface area contributed by atoms with Gasteiger partial charge in [-0.1, -0.05) is 45.9 Å². The number of allylic oxidation sites excluding steroid dienone is 2. The van der Waals surface area contributed by atoms with E-state index in [1.54, 1.807) is 21.3 Å². The molecule has 0 radical (unpaired) electrons. The highest BCUT2D eigenvalue weighted by atomic mass is 16.7. The normalized spacial score (nSPS) is 42.5. The van der Waals surface area contributed by atoms with E-state index in [1.165, 1.54) is 0 Å². The molecule has 2 saturated carbocycles. The Bertz CT molecular complexity index is 1680. The Hall–Kier alpha value is -2.30. The highest BCUT2D eigenvalue weighted by molar-refractivity contribution is 5.99. The summed E-state index contributed by atoms with van der Waals surface area (Å²) in [5, 5.41) is 9.46. The second kappa shape index (κ2) is 19.4. The second-order valence-corrected chi connectivity index (χ2v) is 20.3. The number of likely N-dealkylation sites (N-methyl/N-ethyl adjacent to an activating group) is 1. The highest BCUT2D eigenvalue weighted by Gasteiger charge is 2.57. The maximum atomic E-state index is 15.2. The number of cyclic esters (lactones) is 1. The lowest BCUT2D eigenvalue weighted by molar-refractivity contribution is -0.314. The SMILES string of the molecule is CC[C@H]1CCC[C@H](O[C@H]2CC[C@H](N(C)C)C(C)O2)[C@@H](C)C(=O)C2=C[C@H]3[C@@H]4C[C@H](O[C@@H]5OC(C)[C@H](OC)C(OC)C5OC)C[C@H]4C[C@@H](n4cc(C(C)(C)C)nn4)[C@H]3[C@@H]2CC(=O)O1. The number of ether oxygens (including phenoxy) is 8. The minimum atomic E-state index is -0.639. The van der Waals surface area contributed by atoms with Gasteiger partial charge in [-0.3, -0.25) is 9.59 Å². The summed E-state index contributed by atoms with van der Waals surface area (Å²) in [6, 6.07) is 0.222. The molecule has 5 fully saturated rings. The summed E-state index contributed by atoms with van der Waals surface area (Å²) in [6.07, 6.45) is 8.50. The molecule has 0 spiro atoms. The van der Waals surface area contributed by atoms with Crippen molar-refractivity contribution in [3.05, 3.63) is 23.5 Å². The molecule has 6 aliphatic rings. The van der Waals surface area contributed by atoms with Crippen molar-refractivity contribution in [2.45, 2.75) is 192 Å². The number of rotatable bonds is 10. The van der Waals surface area contributed by atoms with E-state index >= 15 is 4.79 Å². The van der Waals surface area contributed by atoms with Crippen molar-refractivity contribution in [1.29, 1.82) is 0 Å². The lowest BCUT2D eigenvalue weighted by atomic mass is 9.63. The molecule has 1 aromatic heterocycles. The number of hydrogen-bond donors (Lipinski definition) is 0. The fourth-order valence-corrected chi connectivity index (χ4v) is 12.1. The number of carbonyl (C=O) groups excluding carboxylic acids is 2. The Morgan fingerprint density at radius 1 is 0.885 bits per heavy atom. The number of Topliss-reactive ketones (excluding diaryl/α,β-unsaturated/α-hetero) is 1. The van der Waals surface area contributed by atoms with E-state index in [0.29, 0.717) is 12.5 Å². The Morgan fingerprint density at radius 3 is 2.26 bits per heavy atom. The first-order valence-electron chi connectivity index (χ1n) is 23.3. The first-order valence-corrected chi connectivity index (χ1v) is 23.3. The number of methoxy groups -OCH3 is 3. The third kappa shape index (κ3) is 9.72. The molecule has 4 unspecified atom stereocenters. The Kier molecular flexibility index (Phi) is 14.9. The van der Waals surface area contributed by atoms with Crippen LogP contribution in [0.2, 0.25) is 0 Å². The molecule has 0 amide bonds. The topological polar surface area (TPSA) is 142 Å².